The number of anilines is 2. The van der Waals surface area contributed by atoms with Crippen LogP contribution in [0.3, 0.4) is 0 Å². The van der Waals surface area contributed by atoms with Crippen LogP contribution in [0.1, 0.15) is 61.0 Å². The smallest absolute Gasteiger partial charge is 0.258 e. The van der Waals surface area contributed by atoms with Gasteiger partial charge < -0.3 is 23.7 Å². The van der Waals surface area contributed by atoms with E-state index in [1.54, 1.807) is 31.5 Å². The van der Waals surface area contributed by atoms with E-state index in [1.807, 2.05) is 6.92 Å². The van der Waals surface area contributed by atoms with Gasteiger partial charge in [-0.15, -0.1) is 0 Å². The third-order valence-electron chi connectivity index (χ3n) is 11.0. The number of nitrogens with one attached hydrogen (secondary N) is 1. The van der Waals surface area contributed by atoms with Crippen LogP contribution in [0.2, 0.25) is 0 Å². The number of hydrogen-bond donors (Lipinski definition) is 1. The van der Waals surface area contributed by atoms with Gasteiger partial charge in [0.2, 0.25) is 11.8 Å². The minimum Gasteiger partial charge on any atom is -0.493 e. The van der Waals surface area contributed by atoms with Crippen molar-refractivity contribution in [2.24, 2.45) is 5.41 Å². The van der Waals surface area contributed by atoms with Gasteiger partial charge in [0.25, 0.3) is 5.91 Å². The van der Waals surface area contributed by atoms with Gasteiger partial charge in [0, 0.05) is 48.8 Å². The molecule has 1 amide bonds. The molecule has 4 aliphatic rings. The number of hydrogen-bond acceptors (Lipinski definition) is 9. The molecule has 0 unspecified atom stereocenters. The fourth-order valence-corrected chi connectivity index (χ4v) is 7.85. The van der Waals surface area contributed by atoms with E-state index in [4.69, 9.17) is 24.2 Å². The number of piperidine rings is 2. The first-order valence-corrected chi connectivity index (χ1v) is 17.5. The number of imidazole rings is 1. The molecule has 1 N–H and O–H groups in total. The predicted molar refractivity (Wildman–Crippen MR) is 185 cm³/mol. The molecule has 0 saturated carbocycles. The van der Waals surface area contributed by atoms with Gasteiger partial charge in [0.1, 0.15) is 5.75 Å². The first-order valence-electron chi connectivity index (χ1n) is 17.5. The third-order valence-corrected chi connectivity index (χ3v) is 11.0. The largest absolute Gasteiger partial charge is 0.493 e. The maximum absolute atomic E-state index is 13.8. The van der Waals surface area contributed by atoms with Gasteiger partial charge in [0.15, 0.2) is 0 Å². The van der Waals surface area contributed by atoms with Gasteiger partial charge >= 0.3 is 0 Å². The Balaban J connectivity index is 1.04. The Hall–Kier alpha value is -4.22. The first-order chi connectivity index (χ1) is 23.5. The Bertz CT molecular complexity index is 1800. The summed E-state index contributed by atoms with van der Waals surface area (Å²) in [5.41, 5.74) is 6.22. The second-order valence-corrected chi connectivity index (χ2v) is 13.9. The topological polar surface area (TPSA) is 107 Å². The molecule has 4 aromatic rings. The van der Waals surface area contributed by atoms with Crippen molar-refractivity contribution in [3.8, 4) is 22.9 Å². The second kappa shape index (κ2) is 13.0. The average Bonchev–Trinajstić information content (AvgIpc) is 3.42. The summed E-state index contributed by atoms with van der Waals surface area (Å²) < 4.78 is 19.2. The van der Waals surface area contributed by atoms with Crippen molar-refractivity contribution in [3.05, 3.63) is 53.9 Å². The summed E-state index contributed by atoms with van der Waals surface area (Å²) in [6.45, 7) is 9.57. The highest BCUT2D eigenvalue weighted by atomic mass is 16.5. The number of pyridine rings is 2. The molecule has 4 aliphatic heterocycles. The molecule has 48 heavy (non-hydrogen) atoms. The van der Waals surface area contributed by atoms with Crippen LogP contribution in [-0.4, -0.2) is 89.5 Å². The Morgan fingerprint density at radius 2 is 1.75 bits per heavy atom. The van der Waals surface area contributed by atoms with Crippen molar-refractivity contribution in [2.45, 2.75) is 64.5 Å². The zero-order valence-corrected chi connectivity index (χ0v) is 28.0. The van der Waals surface area contributed by atoms with Gasteiger partial charge in [-0.1, -0.05) is 0 Å². The highest BCUT2D eigenvalue weighted by Gasteiger charge is 2.40. The molecule has 3 aromatic heterocycles. The molecule has 1 spiro atoms. The van der Waals surface area contributed by atoms with Gasteiger partial charge in [0.05, 0.1) is 55.3 Å². The molecule has 8 rings (SSSR count). The number of carbonyl (C=O) groups excluding carboxylic acids is 1. The van der Waals surface area contributed by atoms with Crippen molar-refractivity contribution in [3.63, 3.8) is 0 Å². The van der Waals surface area contributed by atoms with E-state index in [0.717, 1.165) is 74.4 Å². The molecular formula is C37H45N7O4. The van der Waals surface area contributed by atoms with Crippen LogP contribution in [0.5, 0.6) is 11.6 Å². The SMILES string of the molecule is COc1cc2c(cn1)-c1cc(cc(C)n1)C(=O)Nc1nc3ccc(N4CCC5(CC4)CCN(C4COC4)CC5)cc3n1CCCCCO2. The number of fused-ring (bicyclic) bond motifs is 7. The maximum atomic E-state index is 13.8. The van der Waals surface area contributed by atoms with Crippen molar-refractivity contribution >= 4 is 28.6 Å². The van der Waals surface area contributed by atoms with Crippen LogP contribution in [0.4, 0.5) is 11.6 Å². The van der Waals surface area contributed by atoms with E-state index in [1.165, 1.54) is 44.5 Å². The molecule has 11 nitrogen and oxygen atoms in total. The van der Waals surface area contributed by atoms with Crippen molar-refractivity contribution in [1.82, 2.24) is 24.4 Å². The molecule has 11 heteroatoms. The molecule has 1 aromatic carbocycles. The number of ether oxygens (including phenoxy) is 3. The number of nitrogens with zero attached hydrogens (tertiary/aromatic N) is 6. The van der Waals surface area contributed by atoms with Crippen LogP contribution < -0.4 is 19.7 Å². The van der Waals surface area contributed by atoms with Crippen molar-refractivity contribution in [1.29, 1.82) is 0 Å². The monoisotopic (exact) mass is 651 g/mol. The first kappa shape index (κ1) is 31.1. The number of carbonyl (C=O) groups is 1. The molecule has 252 valence electrons. The van der Waals surface area contributed by atoms with Gasteiger partial charge in [-0.3, -0.25) is 20.0 Å². The fraction of sp³-hybridized carbons (Fsp3) is 0.514. The fourth-order valence-electron chi connectivity index (χ4n) is 7.85. The van der Waals surface area contributed by atoms with Crippen LogP contribution in [-0.2, 0) is 11.3 Å². The lowest BCUT2D eigenvalue weighted by Gasteiger charge is -2.50. The third kappa shape index (κ3) is 6.09. The number of rotatable bonds is 3. The lowest BCUT2D eigenvalue weighted by molar-refractivity contribution is -0.0834. The summed E-state index contributed by atoms with van der Waals surface area (Å²) in [5.74, 6) is 1.46. The number of benzene rings is 1. The van der Waals surface area contributed by atoms with Crippen molar-refractivity contribution < 1.29 is 19.0 Å². The molecule has 0 atom stereocenters. The minimum atomic E-state index is -0.227. The van der Waals surface area contributed by atoms with Gasteiger partial charge in [-0.2, -0.15) is 0 Å². The van der Waals surface area contributed by atoms with Crippen LogP contribution in [0.25, 0.3) is 22.3 Å². The summed E-state index contributed by atoms with van der Waals surface area (Å²) in [6, 6.07) is 12.6. The second-order valence-electron chi connectivity index (χ2n) is 13.9. The highest BCUT2D eigenvalue weighted by molar-refractivity contribution is 6.05. The minimum absolute atomic E-state index is 0.227. The molecular weight excluding hydrogens is 606 g/mol. The Morgan fingerprint density at radius 1 is 0.938 bits per heavy atom. The van der Waals surface area contributed by atoms with Gasteiger partial charge in [-0.25, -0.2) is 9.97 Å². The number of methoxy groups -OCH3 is 1. The number of amides is 1. The normalized spacial score (nSPS) is 20.5. The zero-order chi connectivity index (χ0) is 32.7. The predicted octanol–water partition coefficient (Wildman–Crippen LogP) is 5.71. The molecule has 3 saturated heterocycles. The molecule has 7 heterocycles. The molecule has 0 aliphatic carbocycles. The van der Waals surface area contributed by atoms with Crippen LogP contribution in [0.15, 0.2) is 42.6 Å². The summed E-state index contributed by atoms with van der Waals surface area (Å²) in [7, 11) is 1.59. The van der Waals surface area contributed by atoms with E-state index >= 15 is 0 Å². The summed E-state index contributed by atoms with van der Waals surface area (Å²) in [6.07, 6.45) is 9.56. The molecule has 2 bridgehead atoms. The van der Waals surface area contributed by atoms with E-state index in [2.05, 4.69) is 42.9 Å². The summed E-state index contributed by atoms with van der Waals surface area (Å²) in [4.78, 5) is 33.0. The summed E-state index contributed by atoms with van der Waals surface area (Å²) >= 11 is 0. The highest BCUT2D eigenvalue weighted by Crippen LogP contribution is 2.43. The lowest BCUT2D eigenvalue weighted by Crippen LogP contribution is -2.54. The van der Waals surface area contributed by atoms with E-state index in [-0.39, 0.29) is 5.91 Å². The zero-order valence-electron chi connectivity index (χ0n) is 28.0. The maximum Gasteiger partial charge on any atom is 0.258 e. The van der Waals surface area contributed by atoms with Gasteiger partial charge in [-0.05, 0) is 101 Å². The Labute approximate surface area is 281 Å². The quantitative estimate of drug-likeness (QED) is 0.298. The summed E-state index contributed by atoms with van der Waals surface area (Å²) in [5, 5.41) is 3.15. The number of aromatic nitrogens is 4. The Morgan fingerprint density at radius 3 is 2.52 bits per heavy atom. The standard InChI is InChI=1S/C37H45N7O4/c1-25-18-26-19-31(39-25)29-22-38-34(46-2)21-33(29)48-17-5-3-4-12-44-32-20-27(6-7-30(32)40-36(44)41-35(26)45)42-13-8-37(9-14-42)10-15-43(16-11-37)28-23-47-24-28/h6-7,18-22,28H,3-5,8-17,23-24H2,1-2H3,(H,40,41,45). The van der Waals surface area contributed by atoms with Crippen LogP contribution >= 0.6 is 0 Å². The Kier molecular flexibility index (Phi) is 8.42. The van der Waals surface area contributed by atoms with E-state index in [0.29, 0.717) is 46.9 Å². The average molecular weight is 652 g/mol. The number of aryl methyl sites for hydroxylation is 2. The van der Waals surface area contributed by atoms with Crippen molar-refractivity contribution in [2.75, 3.05) is 63.3 Å². The lowest BCUT2D eigenvalue weighted by atomic mass is 9.71. The van der Waals surface area contributed by atoms with E-state index in [9.17, 15) is 4.79 Å². The van der Waals surface area contributed by atoms with Crippen LogP contribution in [0, 0.1) is 12.3 Å². The number of likely N-dealkylation sites (tertiary alicyclic amines) is 1. The molecule has 3 fully saturated rings. The van der Waals surface area contributed by atoms with E-state index < -0.39 is 0 Å². The molecule has 0 radical (unpaired) electrons.